The summed E-state index contributed by atoms with van der Waals surface area (Å²) in [5.41, 5.74) is -0.468. The summed E-state index contributed by atoms with van der Waals surface area (Å²) in [6, 6.07) is 3.41. The van der Waals surface area contributed by atoms with Crippen LogP contribution < -0.4 is 5.32 Å². The van der Waals surface area contributed by atoms with Crippen LogP contribution in [-0.2, 0) is 9.53 Å². The molecule has 30 heavy (non-hydrogen) atoms. The van der Waals surface area contributed by atoms with Crippen LogP contribution in [0, 0.1) is 11.7 Å². The molecule has 0 saturated heterocycles. The third kappa shape index (κ3) is 5.86. The SMILES string of the molecule is COC(=O)[C@H](CC(C)C)NC(c1ccc(-c2cc(Cl)ccc2O)c(F)c1)C(F)(F)F. The van der Waals surface area contributed by atoms with E-state index in [1.54, 1.807) is 13.8 Å². The van der Waals surface area contributed by atoms with Gasteiger partial charge in [0.2, 0.25) is 0 Å². The molecule has 0 aromatic heterocycles. The maximum atomic E-state index is 14.7. The molecule has 2 atom stereocenters. The molecule has 164 valence electrons. The Morgan fingerprint density at radius 1 is 1.17 bits per heavy atom. The molecule has 0 bridgehead atoms. The van der Waals surface area contributed by atoms with Crippen LogP contribution in [0.25, 0.3) is 11.1 Å². The van der Waals surface area contributed by atoms with E-state index in [0.717, 1.165) is 25.3 Å². The molecular formula is C21H22ClF4NO3. The summed E-state index contributed by atoms with van der Waals surface area (Å²) >= 11 is 5.87. The average molecular weight is 448 g/mol. The van der Waals surface area contributed by atoms with Gasteiger partial charge in [-0.2, -0.15) is 13.2 Å². The quantitative estimate of drug-likeness (QED) is 0.426. The van der Waals surface area contributed by atoms with Gasteiger partial charge in [0.25, 0.3) is 0 Å². The standard InChI is InChI=1S/C21H22ClF4NO3/c1-11(2)8-17(20(29)30-3)27-19(21(24,25)26)12-4-6-14(16(23)9-12)15-10-13(22)5-7-18(15)28/h4-7,9-11,17,19,27-28H,8H2,1-3H3/t17-,19?/m0/s1. The summed E-state index contributed by atoms with van der Waals surface area (Å²) in [6.45, 7) is 3.51. The smallest absolute Gasteiger partial charge is 0.407 e. The summed E-state index contributed by atoms with van der Waals surface area (Å²) in [5, 5.41) is 12.4. The van der Waals surface area contributed by atoms with E-state index in [0.29, 0.717) is 0 Å². The van der Waals surface area contributed by atoms with Crippen LogP contribution in [0.3, 0.4) is 0 Å². The first kappa shape index (κ1) is 24.0. The van der Waals surface area contributed by atoms with E-state index >= 15 is 0 Å². The highest BCUT2D eigenvalue weighted by molar-refractivity contribution is 6.31. The van der Waals surface area contributed by atoms with Crippen LogP contribution in [0.4, 0.5) is 17.6 Å². The highest BCUT2D eigenvalue weighted by Gasteiger charge is 2.43. The van der Waals surface area contributed by atoms with Gasteiger partial charge in [-0.15, -0.1) is 0 Å². The summed E-state index contributed by atoms with van der Waals surface area (Å²) < 4.78 is 60.6. The Bertz CT molecular complexity index is 902. The number of benzene rings is 2. The number of hydrogen-bond donors (Lipinski definition) is 2. The molecule has 9 heteroatoms. The third-order valence-corrected chi connectivity index (χ3v) is 4.70. The number of rotatable bonds is 7. The Kier molecular flexibility index (Phi) is 7.71. The number of aromatic hydroxyl groups is 1. The molecule has 0 amide bonds. The van der Waals surface area contributed by atoms with Gasteiger partial charge >= 0.3 is 12.1 Å². The fourth-order valence-electron chi connectivity index (χ4n) is 3.08. The summed E-state index contributed by atoms with van der Waals surface area (Å²) in [5.74, 6) is -2.15. The van der Waals surface area contributed by atoms with E-state index in [1.807, 2.05) is 0 Å². The second-order valence-electron chi connectivity index (χ2n) is 7.25. The van der Waals surface area contributed by atoms with E-state index in [2.05, 4.69) is 10.1 Å². The van der Waals surface area contributed by atoms with Gasteiger partial charge in [-0.25, -0.2) is 4.39 Å². The zero-order valence-corrected chi connectivity index (χ0v) is 17.3. The van der Waals surface area contributed by atoms with Crippen molar-refractivity contribution < 1.29 is 32.2 Å². The van der Waals surface area contributed by atoms with Crippen molar-refractivity contribution in [2.75, 3.05) is 7.11 Å². The minimum Gasteiger partial charge on any atom is -0.507 e. The molecule has 0 saturated carbocycles. The highest BCUT2D eigenvalue weighted by Crippen LogP contribution is 2.38. The van der Waals surface area contributed by atoms with Crippen molar-refractivity contribution in [2.24, 2.45) is 5.92 Å². The lowest BCUT2D eigenvalue weighted by Gasteiger charge is -2.27. The van der Waals surface area contributed by atoms with Crippen LogP contribution >= 0.6 is 11.6 Å². The molecular weight excluding hydrogens is 426 g/mol. The molecule has 1 unspecified atom stereocenters. The van der Waals surface area contributed by atoms with Crippen LogP contribution in [-0.4, -0.2) is 30.4 Å². The molecule has 0 aliphatic carbocycles. The number of alkyl halides is 3. The number of methoxy groups -OCH3 is 1. The summed E-state index contributed by atoms with van der Waals surface area (Å²) in [6.07, 6.45) is -4.69. The number of ether oxygens (including phenoxy) is 1. The first-order chi connectivity index (χ1) is 13.9. The van der Waals surface area contributed by atoms with E-state index in [1.165, 1.54) is 18.2 Å². The van der Waals surface area contributed by atoms with Crippen molar-refractivity contribution in [3.8, 4) is 16.9 Å². The van der Waals surface area contributed by atoms with Gasteiger partial charge in [-0.3, -0.25) is 10.1 Å². The Balaban J connectivity index is 2.44. The van der Waals surface area contributed by atoms with Crippen LogP contribution in [0.2, 0.25) is 5.02 Å². The van der Waals surface area contributed by atoms with Crippen LogP contribution in [0.15, 0.2) is 36.4 Å². The monoisotopic (exact) mass is 447 g/mol. The zero-order chi connectivity index (χ0) is 22.6. The minimum atomic E-state index is -4.80. The van der Waals surface area contributed by atoms with E-state index < -0.39 is 35.6 Å². The highest BCUT2D eigenvalue weighted by atomic mass is 35.5. The Hall–Kier alpha value is -2.32. The lowest BCUT2D eigenvalue weighted by Crippen LogP contribution is -2.45. The number of phenolic OH excluding ortho intramolecular Hbond substituents is 1. The predicted octanol–water partition coefficient (Wildman–Crippen LogP) is 5.63. The zero-order valence-electron chi connectivity index (χ0n) is 16.6. The molecule has 0 spiro atoms. The van der Waals surface area contributed by atoms with Crippen molar-refractivity contribution in [2.45, 2.75) is 38.5 Å². The Morgan fingerprint density at radius 2 is 1.83 bits per heavy atom. The van der Waals surface area contributed by atoms with Crippen molar-refractivity contribution in [3.63, 3.8) is 0 Å². The van der Waals surface area contributed by atoms with Gasteiger partial charge in [-0.05, 0) is 42.2 Å². The lowest BCUT2D eigenvalue weighted by atomic mass is 9.97. The Labute approximate surface area is 176 Å². The van der Waals surface area contributed by atoms with E-state index in [-0.39, 0.29) is 34.2 Å². The molecule has 2 aromatic carbocycles. The van der Waals surface area contributed by atoms with Crippen molar-refractivity contribution >= 4 is 17.6 Å². The normalized spacial score (nSPS) is 13.9. The third-order valence-electron chi connectivity index (χ3n) is 4.46. The van der Waals surface area contributed by atoms with Crippen LogP contribution in [0.5, 0.6) is 5.75 Å². The number of hydrogen-bond acceptors (Lipinski definition) is 4. The fraction of sp³-hybridized carbons (Fsp3) is 0.381. The molecule has 2 aromatic rings. The lowest BCUT2D eigenvalue weighted by molar-refractivity contribution is -0.164. The van der Waals surface area contributed by atoms with Crippen molar-refractivity contribution in [1.29, 1.82) is 0 Å². The van der Waals surface area contributed by atoms with Crippen molar-refractivity contribution in [3.05, 3.63) is 52.8 Å². The maximum Gasteiger partial charge on any atom is 0.407 e. The fourth-order valence-corrected chi connectivity index (χ4v) is 3.25. The van der Waals surface area contributed by atoms with Crippen molar-refractivity contribution in [1.82, 2.24) is 5.32 Å². The first-order valence-electron chi connectivity index (χ1n) is 9.13. The van der Waals surface area contributed by atoms with Gasteiger partial charge < -0.3 is 9.84 Å². The number of phenols is 1. The second-order valence-corrected chi connectivity index (χ2v) is 7.68. The average Bonchev–Trinajstić information content (AvgIpc) is 2.65. The largest absolute Gasteiger partial charge is 0.507 e. The van der Waals surface area contributed by atoms with Gasteiger partial charge in [0, 0.05) is 16.1 Å². The minimum absolute atomic E-state index is 0.0512. The van der Waals surface area contributed by atoms with Crippen LogP contribution in [0.1, 0.15) is 31.9 Å². The summed E-state index contributed by atoms with van der Waals surface area (Å²) in [4.78, 5) is 12.0. The molecule has 0 aliphatic rings. The molecule has 0 radical (unpaired) electrons. The molecule has 0 aliphatic heterocycles. The number of carbonyl (C=O) groups is 1. The number of halogens is 5. The van der Waals surface area contributed by atoms with Gasteiger partial charge in [-0.1, -0.05) is 37.6 Å². The number of carbonyl (C=O) groups excluding carboxylic acids is 1. The molecule has 2 N–H and O–H groups in total. The predicted molar refractivity (Wildman–Crippen MR) is 106 cm³/mol. The maximum absolute atomic E-state index is 14.7. The second kappa shape index (κ2) is 9.66. The summed E-state index contributed by atoms with van der Waals surface area (Å²) in [7, 11) is 1.09. The molecule has 0 heterocycles. The first-order valence-corrected chi connectivity index (χ1v) is 9.50. The van der Waals surface area contributed by atoms with Gasteiger partial charge in [0.15, 0.2) is 0 Å². The number of esters is 1. The Morgan fingerprint density at radius 3 is 2.37 bits per heavy atom. The van der Waals surface area contributed by atoms with Gasteiger partial charge in [0.05, 0.1) is 7.11 Å². The van der Waals surface area contributed by atoms with E-state index in [4.69, 9.17) is 11.6 Å². The molecule has 4 nitrogen and oxygen atoms in total. The topological polar surface area (TPSA) is 58.6 Å². The van der Waals surface area contributed by atoms with Gasteiger partial charge in [0.1, 0.15) is 23.7 Å². The molecule has 0 fully saturated rings. The van der Waals surface area contributed by atoms with E-state index in [9.17, 15) is 27.5 Å². The molecule has 2 rings (SSSR count). The number of nitrogens with one attached hydrogen (secondary N) is 1.